The van der Waals surface area contributed by atoms with Gasteiger partial charge in [0.15, 0.2) is 11.5 Å². The molecule has 1 heterocycles. The Morgan fingerprint density at radius 2 is 1.89 bits per heavy atom. The van der Waals surface area contributed by atoms with Crippen LogP contribution in [0.2, 0.25) is 0 Å². The van der Waals surface area contributed by atoms with Crippen LogP contribution in [0.5, 0.6) is 11.5 Å². The van der Waals surface area contributed by atoms with Crippen LogP contribution in [0.1, 0.15) is 12.5 Å². The Morgan fingerprint density at radius 1 is 1.16 bits per heavy atom. The molecule has 2 aromatic rings. The fourth-order valence-electron chi connectivity index (χ4n) is 2.24. The number of amides is 1. The molecule has 0 bridgehead atoms. The van der Waals surface area contributed by atoms with Gasteiger partial charge in [-0.2, -0.15) is 0 Å². The highest BCUT2D eigenvalue weighted by molar-refractivity contribution is 6.03. The van der Waals surface area contributed by atoms with E-state index < -0.39 is 0 Å². The van der Waals surface area contributed by atoms with Crippen molar-refractivity contribution in [2.45, 2.75) is 6.92 Å². The van der Waals surface area contributed by atoms with Crippen LogP contribution in [-0.4, -0.2) is 5.91 Å². The number of nitrogens with zero attached hydrogens (tertiary/aromatic N) is 1. The summed E-state index contributed by atoms with van der Waals surface area (Å²) in [6.07, 6.45) is 1.75. The number of carbonyl (C=O) groups excluding carboxylic acids is 1. The molecule has 0 aliphatic carbocycles. The Balaban J connectivity index is 2.22. The fourth-order valence-corrected chi connectivity index (χ4v) is 2.24. The second-order valence-corrected chi connectivity index (χ2v) is 4.36. The van der Waals surface area contributed by atoms with Gasteiger partial charge in [-0.15, -0.1) is 0 Å². The van der Waals surface area contributed by atoms with Crippen LogP contribution >= 0.6 is 0 Å². The normalized spacial score (nSPS) is 12.2. The summed E-state index contributed by atoms with van der Waals surface area (Å²) < 4.78 is 5.86. The minimum atomic E-state index is -0.0386. The summed E-state index contributed by atoms with van der Waals surface area (Å²) in [5.41, 5.74) is 2.49. The van der Waals surface area contributed by atoms with Gasteiger partial charge in [-0.25, -0.2) is 0 Å². The van der Waals surface area contributed by atoms with Gasteiger partial charge in [-0.05, 0) is 29.8 Å². The first kappa shape index (κ1) is 11.5. The first-order chi connectivity index (χ1) is 9.20. The third kappa shape index (κ3) is 1.80. The molecule has 0 saturated heterocycles. The lowest BCUT2D eigenvalue weighted by Gasteiger charge is -2.30. The molecule has 1 aliphatic heterocycles. The van der Waals surface area contributed by atoms with E-state index >= 15 is 0 Å². The summed E-state index contributed by atoms with van der Waals surface area (Å²) >= 11 is 0. The lowest BCUT2D eigenvalue weighted by Crippen LogP contribution is -2.25. The van der Waals surface area contributed by atoms with Gasteiger partial charge in [0.25, 0.3) is 0 Å². The summed E-state index contributed by atoms with van der Waals surface area (Å²) in [7, 11) is 0. The minimum absolute atomic E-state index is 0.0386. The van der Waals surface area contributed by atoms with E-state index in [1.807, 2.05) is 42.5 Å². The molecular weight excluding hydrogens is 238 g/mol. The lowest BCUT2D eigenvalue weighted by molar-refractivity contribution is -0.115. The number of anilines is 2. The van der Waals surface area contributed by atoms with E-state index in [0.717, 1.165) is 16.9 Å². The zero-order chi connectivity index (χ0) is 13.4. The minimum Gasteiger partial charge on any atom is -0.453 e. The van der Waals surface area contributed by atoms with Crippen molar-refractivity contribution in [3.8, 4) is 11.5 Å². The van der Waals surface area contributed by atoms with Crippen LogP contribution in [-0.2, 0) is 4.79 Å². The quantitative estimate of drug-likeness (QED) is 0.763. The molecule has 94 valence electrons. The van der Waals surface area contributed by atoms with Crippen molar-refractivity contribution in [2.75, 3.05) is 4.90 Å². The summed E-state index contributed by atoms with van der Waals surface area (Å²) in [5, 5.41) is 0. The third-order valence-corrected chi connectivity index (χ3v) is 3.10. The Labute approximate surface area is 111 Å². The number of benzene rings is 2. The van der Waals surface area contributed by atoms with Gasteiger partial charge in [0.1, 0.15) is 0 Å². The summed E-state index contributed by atoms with van der Waals surface area (Å²) in [5.74, 6) is 1.32. The standard InChI is InChI=1S/C16H13NO2/c1-3-12-8-9-14-16(10-12)19-15-7-5-4-6-13(15)17(14)11(2)18/h3-10H,1H2,2H3. The highest BCUT2D eigenvalue weighted by Gasteiger charge is 2.26. The Bertz CT molecular complexity index is 676. The van der Waals surface area contributed by atoms with Crippen LogP contribution in [0.25, 0.3) is 6.08 Å². The van der Waals surface area contributed by atoms with E-state index in [1.54, 1.807) is 17.9 Å². The number of rotatable bonds is 1. The van der Waals surface area contributed by atoms with Crippen LogP contribution in [0.3, 0.4) is 0 Å². The molecule has 19 heavy (non-hydrogen) atoms. The van der Waals surface area contributed by atoms with Gasteiger partial charge < -0.3 is 4.74 Å². The highest BCUT2D eigenvalue weighted by Crippen LogP contribution is 2.46. The molecule has 0 fully saturated rings. The van der Waals surface area contributed by atoms with Crippen molar-refractivity contribution >= 4 is 23.4 Å². The maximum absolute atomic E-state index is 11.9. The van der Waals surface area contributed by atoms with Crippen LogP contribution in [0.4, 0.5) is 11.4 Å². The first-order valence-corrected chi connectivity index (χ1v) is 6.05. The van der Waals surface area contributed by atoms with Gasteiger partial charge in [-0.1, -0.05) is 30.9 Å². The average molecular weight is 251 g/mol. The SMILES string of the molecule is C=Cc1ccc2c(c1)Oc1ccccc1N2C(C)=O. The van der Waals surface area contributed by atoms with E-state index in [1.165, 1.54) is 0 Å². The van der Waals surface area contributed by atoms with Gasteiger partial charge in [-0.3, -0.25) is 9.69 Å². The second kappa shape index (κ2) is 4.28. The monoisotopic (exact) mass is 251 g/mol. The molecule has 1 amide bonds. The Kier molecular flexibility index (Phi) is 2.60. The fraction of sp³-hybridized carbons (Fsp3) is 0.0625. The van der Waals surface area contributed by atoms with Gasteiger partial charge >= 0.3 is 0 Å². The number of para-hydroxylation sites is 2. The van der Waals surface area contributed by atoms with E-state index in [0.29, 0.717) is 11.5 Å². The van der Waals surface area contributed by atoms with Gasteiger partial charge in [0.2, 0.25) is 5.91 Å². The topological polar surface area (TPSA) is 29.5 Å². The smallest absolute Gasteiger partial charge is 0.228 e. The maximum Gasteiger partial charge on any atom is 0.228 e. The van der Waals surface area contributed by atoms with Crippen LogP contribution in [0.15, 0.2) is 49.0 Å². The number of carbonyl (C=O) groups is 1. The predicted octanol–water partition coefficient (Wildman–Crippen LogP) is 4.12. The molecular formula is C16H13NO2. The van der Waals surface area contributed by atoms with Crippen LogP contribution < -0.4 is 9.64 Å². The van der Waals surface area contributed by atoms with E-state index in [4.69, 9.17) is 4.74 Å². The van der Waals surface area contributed by atoms with Gasteiger partial charge in [0, 0.05) is 6.92 Å². The Morgan fingerprint density at radius 3 is 2.63 bits per heavy atom. The average Bonchev–Trinajstić information content (AvgIpc) is 2.43. The highest BCUT2D eigenvalue weighted by atomic mass is 16.5. The van der Waals surface area contributed by atoms with Crippen molar-refractivity contribution in [3.63, 3.8) is 0 Å². The molecule has 0 unspecified atom stereocenters. The van der Waals surface area contributed by atoms with Crippen molar-refractivity contribution in [2.24, 2.45) is 0 Å². The summed E-state index contributed by atoms with van der Waals surface area (Å²) in [6, 6.07) is 13.2. The maximum atomic E-state index is 11.9. The van der Waals surface area contributed by atoms with Crippen LogP contribution in [0, 0.1) is 0 Å². The molecule has 1 aliphatic rings. The molecule has 0 atom stereocenters. The molecule has 0 spiro atoms. The number of hydrogen-bond donors (Lipinski definition) is 0. The first-order valence-electron chi connectivity index (χ1n) is 6.05. The molecule has 3 nitrogen and oxygen atoms in total. The third-order valence-electron chi connectivity index (χ3n) is 3.10. The van der Waals surface area contributed by atoms with Crippen molar-refractivity contribution in [1.29, 1.82) is 0 Å². The number of fused-ring (bicyclic) bond motifs is 2. The van der Waals surface area contributed by atoms with Crippen molar-refractivity contribution < 1.29 is 9.53 Å². The van der Waals surface area contributed by atoms with E-state index in [9.17, 15) is 4.79 Å². The Hall–Kier alpha value is -2.55. The zero-order valence-electron chi connectivity index (χ0n) is 10.6. The lowest BCUT2D eigenvalue weighted by atomic mass is 10.1. The van der Waals surface area contributed by atoms with Crippen molar-refractivity contribution in [3.05, 3.63) is 54.6 Å². The molecule has 0 saturated carbocycles. The molecule has 0 aromatic heterocycles. The zero-order valence-corrected chi connectivity index (χ0v) is 10.6. The second-order valence-electron chi connectivity index (χ2n) is 4.36. The largest absolute Gasteiger partial charge is 0.453 e. The van der Waals surface area contributed by atoms with E-state index in [2.05, 4.69) is 6.58 Å². The molecule has 0 N–H and O–H groups in total. The summed E-state index contributed by atoms with van der Waals surface area (Å²) in [4.78, 5) is 13.6. The molecule has 2 aromatic carbocycles. The number of hydrogen-bond acceptors (Lipinski definition) is 2. The molecule has 3 rings (SSSR count). The molecule has 3 heteroatoms. The van der Waals surface area contributed by atoms with E-state index in [-0.39, 0.29) is 5.91 Å². The number of ether oxygens (including phenoxy) is 1. The van der Waals surface area contributed by atoms with Crippen molar-refractivity contribution in [1.82, 2.24) is 0 Å². The van der Waals surface area contributed by atoms with Gasteiger partial charge in [0.05, 0.1) is 11.4 Å². The molecule has 0 radical (unpaired) electrons. The summed E-state index contributed by atoms with van der Waals surface area (Å²) in [6.45, 7) is 5.29. The predicted molar refractivity (Wildman–Crippen MR) is 75.9 cm³/mol.